The van der Waals surface area contributed by atoms with Crippen LogP contribution in [0, 0.1) is 0 Å². The van der Waals surface area contributed by atoms with Gasteiger partial charge in [-0.05, 0) is 43.3 Å². The molecule has 2 atom stereocenters. The molecule has 0 saturated carbocycles. The zero-order valence-electron chi connectivity index (χ0n) is 18.1. The van der Waals surface area contributed by atoms with Gasteiger partial charge in [0, 0.05) is 24.5 Å². The van der Waals surface area contributed by atoms with E-state index in [1.807, 2.05) is 48.5 Å². The Labute approximate surface area is 195 Å². The van der Waals surface area contributed by atoms with E-state index in [-0.39, 0.29) is 12.5 Å². The summed E-state index contributed by atoms with van der Waals surface area (Å²) in [5.41, 5.74) is 1.86. The van der Waals surface area contributed by atoms with Crippen molar-refractivity contribution >= 4 is 29.0 Å². The van der Waals surface area contributed by atoms with Crippen molar-refractivity contribution in [2.45, 2.75) is 23.5 Å². The highest BCUT2D eigenvalue weighted by molar-refractivity contribution is 8.00. The normalized spacial score (nSPS) is 18.6. The van der Waals surface area contributed by atoms with Gasteiger partial charge in [0.2, 0.25) is 12.0 Å². The number of nitrogens with one attached hydrogen (secondary N) is 1. The summed E-state index contributed by atoms with van der Waals surface area (Å²) in [6.45, 7) is 5.28. The number of thioether (sulfide) groups is 1. The summed E-state index contributed by atoms with van der Waals surface area (Å²) >= 11 is 1.20. The van der Waals surface area contributed by atoms with Crippen LogP contribution in [0.3, 0.4) is 0 Å². The van der Waals surface area contributed by atoms with E-state index >= 15 is 0 Å². The van der Waals surface area contributed by atoms with Crippen LogP contribution in [0.2, 0.25) is 0 Å². The van der Waals surface area contributed by atoms with Crippen LogP contribution in [-0.2, 0) is 9.53 Å². The molecule has 3 heterocycles. The van der Waals surface area contributed by atoms with Gasteiger partial charge in [-0.3, -0.25) is 4.79 Å². The molecule has 5 rings (SSSR count). The third kappa shape index (κ3) is 5.07. The second-order valence-corrected chi connectivity index (χ2v) is 8.96. The van der Waals surface area contributed by atoms with E-state index < -0.39 is 11.4 Å². The Balaban J connectivity index is 1.15. The average molecular weight is 469 g/mol. The lowest BCUT2D eigenvalue weighted by Crippen LogP contribution is -2.36. The summed E-state index contributed by atoms with van der Waals surface area (Å²) < 4.78 is 22.7. The summed E-state index contributed by atoms with van der Waals surface area (Å²) in [7, 11) is 0. The highest BCUT2D eigenvalue weighted by atomic mass is 32.2. The number of para-hydroxylation sites is 2. The SMILES string of the molecule is C[C@@H](Sc1nnc([C@H]2COc3ccccc3O2)o1)C(=O)Nc1ccc(N2CCOCC2)cc1. The van der Waals surface area contributed by atoms with Crippen molar-refractivity contribution in [3.05, 3.63) is 54.4 Å². The van der Waals surface area contributed by atoms with Crippen molar-refractivity contribution in [2.75, 3.05) is 43.1 Å². The number of anilines is 2. The number of carbonyl (C=O) groups excluding carboxylic acids is 1. The predicted octanol–water partition coefficient (Wildman–Crippen LogP) is 3.54. The fraction of sp³-hybridized carbons (Fsp3) is 0.348. The topological polar surface area (TPSA) is 99.0 Å². The van der Waals surface area contributed by atoms with Gasteiger partial charge in [-0.2, -0.15) is 0 Å². The molecule has 3 aromatic rings. The Bertz CT molecular complexity index is 1100. The first-order valence-electron chi connectivity index (χ1n) is 10.8. The summed E-state index contributed by atoms with van der Waals surface area (Å²) in [6, 6.07) is 15.3. The number of aromatic nitrogens is 2. The average Bonchev–Trinajstić information content (AvgIpc) is 3.33. The van der Waals surface area contributed by atoms with Gasteiger partial charge < -0.3 is 28.8 Å². The molecule has 1 amide bonds. The number of rotatable bonds is 6. The molecule has 172 valence electrons. The molecule has 9 nitrogen and oxygen atoms in total. The van der Waals surface area contributed by atoms with Crippen molar-refractivity contribution in [2.24, 2.45) is 0 Å². The van der Waals surface area contributed by atoms with Crippen molar-refractivity contribution in [3.8, 4) is 11.5 Å². The molecule has 33 heavy (non-hydrogen) atoms. The van der Waals surface area contributed by atoms with Crippen LogP contribution in [-0.4, -0.2) is 54.3 Å². The molecule has 1 N–H and O–H groups in total. The highest BCUT2D eigenvalue weighted by Crippen LogP contribution is 2.36. The summed E-state index contributed by atoms with van der Waals surface area (Å²) in [5.74, 6) is 1.49. The molecule has 0 spiro atoms. The lowest BCUT2D eigenvalue weighted by Gasteiger charge is -2.28. The van der Waals surface area contributed by atoms with Crippen molar-refractivity contribution in [1.82, 2.24) is 10.2 Å². The minimum atomic E-state index is -0.490. The fourth-order valence-electron chi connectivity index (χ4n) is 3.57. The predicted molar refractivity (Wildman–Crippen MR) is 123 cm³/mol. The molecule has 0 radical (unpaired) electrons. The van der Waals surface area contributed by atoms with Crippen LogP contribution in [0.1, 0.15) is 18.9 Å². The maximum Gasteiger partial charge on any atom is 0.277 e. The molecule has 2 aromatic carbocycles. The van der Waals surface area contributed by atoms with Gasteiger partial charge >= 0.3 is 0 Å². The van der Waals surface area contributed by atoms with E-state index in [4.69, 9.17) is 18.6 Å². The zero-order valence-corrected chi connectivity index (χ0v) is 18.9. The largest absolute Gasteiger partial charge is 0.485 e. The molecule has 0 bridgehead atoms. The molecular formula is C23H24N4O5S. The van der Waals surface area contributed by atoms with Gasteiger partial charge in [0.05, 0.1) is 18.5 Å². The molecule has 2 aliphatic heterocycles. The maximum atomic E-state index is 12.7. The zero-order chi connectivity index (χ0) is 22.6. The van der Waals surface area contributed by atoms with Crippen LogP contribution in [0.5, 0.6) is 11.5 Å². The standard InChI is InChI=1S/C23H24N4O5S/c1-15(21(28)24-16-6-8-17(9-7-16)27-10-12-29-13-11-27)33-23-26-25-22(32-23)20-14-30-18-4-2-3-5-19(18)31-20/h2-9,15,20H,10-14H2,1H3,(H,24,28)/t15-,20-/m1/s1. The molecule has 1 aromatic heterocycles. The van der Waals surface area contributed by atoms with Crippen LogP contribution in [0.4, 0.5) is 11.4 Å². The Hall–Kier alpha value is -3.24. The first-order chi connectivity index (χ1) is 16.2. The van der Waals surface area contributed by atoms with Crippen molar-refractivity contribution in [1.29, 1.82) is 0 Å². The lowest BCUT2D eigenvalue weighted by molar-refractivity contribution is -0.115. The third-order valence-electron chi connectivity index (χ3n) is 5.36. The number of nitrogens with zero attached hydrogens (tertiary/aromatic N) is 3. The summed E-state index contributed by atoms with van der Waals surface area (Å²) in [4.78, 5) is 14.9. The van der Waals surface area contributed by atoms with E-state index in [1.54, 1.807) is 6.92 Å². The first kappa shape index (κ1) is 21.6. The monoisotopic (exact) mass is 468 g/mol. The molecule has 2 aliphatic rings. The minimum absolute atomic E-state index is 0.148. The van der Waals surface area contributed by atoms with Gasteiger partial charge in [-0.15, -0.1) is 10.2 Å². The molecule has 1 fully saturated rings. The summed E-state index contributed by atoms with van der Waals surface area (Å²) in [5, 5.41) is 10.9. The van der Waals surface area contributed by atoms with Crippen LogP contribution in [0.25, 0.3) is 0 Å². The molecular weight excluding hydrogens is 444 g/mol. The molecule has 10 heteroatoms. The Morgan fingerprint density at radius 2 is 1.85 bits per heavy atom. The van der Waals surface area contributed by atoms with Crippen LogP contribution >= 0.6 is 11.8 Å². The number of hydrogen-bond donors (Lipinski definition) is 1. The van der Waals surface area contributed by atoms with Crippen LogP contribution < -0.4 is 19.7 Å². The van der Waals surface area contributed by atoms with Gasteiger partial charge in [-0.25, -0.2) is 0 Å². The first-order valence-corrected chi connectivity index (χ1v) is 11.7. The number of fused-ring (bicyclic) bond motifs is 1. The maximum absolute atomic E-state index is 12.7. The lowest BCUT2D eigenvalue weighted by atomic mass is 10.2. The van der Waals surface area contributed by atoms with E-state index in [2.05, 4.69) is 20.4 Å². The Morgan fingerprint density at radius 1 is 1.09 bits per heavy atom. The second-order valence-electron chi connectivity index (χ2n) is 7.67. The van der Waals surface area contributed by atoms with Gasteiger partial charge in [0.25, 0.3) is 11.1 Å². The van der Waals surface area contributed by atoms with E-state index in [0.29, 0.717) is 22.6 Å². The third-order valence-corrected chi connectivity index (χ3v) is 6.30. The highest BCUT2D eigenvalue weighted by Gasteiger charge is 2.28. The van der Waals surface area contributed by atoms with Crippen LogP contribution in [0.15, 0.2) is 58.2 Å². The number of amides is 1. The number of ether oxygens (including phenoxy) is 3. The quantitative estimate of drug-likeness (QED) is 0.545. The fourth-order valence-corrected chi connectivity index (χ4v) is 4.25. The van der Waals surface area contributed by atoms with Crippen molar-refractivity contribution in [3.63, 3.8) is 0 Å². The minimum Gasteiger partial charge on any atom is -0.485 e. The number of hydrogen-bond acceptors (Lipinski definition) is 9. The smallest absolute Gasteiger partial charge is 0.277 e. The molecule has 0 unspecified atom stereocenters. The Kier molecular flexibility index (Phi) is 6.36. The summed E-state index contributed by atoms with van der Waals surface area (Å²) in [6.07, 6.45) is -0.490. The Morgan fingerprint density at radius 3 is 2.64 bits per heavy atom. The number of morpholine rings is 1. The number of benzene rings is 2. The molecule has 0 aliphatic carbocycles. The molecule has 1 saturated heterocycles. The van der Waals surface area contributed by atoms with Gasteiger partial charge in [0.15, 0.2) is 11.5 Å². The van der Waals surface area contributed by atoms with E-state index in [0.717, 1.165) is 37.7 Å². The van der Waals surface area contributed by atoms with Gasteiger partial charge in [-0.1, -0.05) is 23.9 Å². The van der Waals surface area contributed by atoms with Crippen molar-refractivity contribution < 1.29 is 23.4 Å². The second kappa shape index (κ2) is 9.72. The van der Waals surface area contributed by atoms with E-state index in [9.17, 15) is 4.79 Å². The number of carbonyl (C=O) groups is 1. The van der Waals surface area contributed by atoms with Gasteiger partial charge in [0.1, 0.15) is 6.61 Å². The van der Waals surface area contributed by atoms with E-state index in [1.165, 1.54) is 11.8 Å².